The van der Waals surface area contributed by atoms with Crippen molar-refractivity contribution in [3.8, 4) is 5.75 Å². The third-order valence-electron chi connectivity index (χ3n) is 1.93. The Kier molecular flexibility index (Phi) is 4.58. The number of methoxy groups -OCH3 is 1. The minimum Gasteiger partial charge on any atom is -0.504 e. The highest BCUT2D eigenvalue weighted by atomic mass is 16.5. The fraction of sp³-hybridized carbons (Fsp3) is 0.308. The van der Waals surface area contributed by atoms with Crippen LogP contribution in [-0.4, -0.2) is 19.5 Å². The molecule has 0 aliphatic rings. The minimum absolute atomic E-state index is 0.144. The van der Waals surface area contributed by atoms with E-state index < -0.39 is 0 Å². The van der Waals surface area contributed by atoms with Crippen LogP contribution in [0.5, 0.6) is 5.75 Å². The van der Waals surface area contributed by atoms with Crippen molar-refractivity contribution in [2.75, 3.05) is 7.11 Å². The van der Waals surface area contributed by atoms with Crippen molar-refractivity contribution in [3.05, 3.63) is 36.1 Å². The summed E-state index contributed by atoms with van der Waals surface area (Å²) in [6, 6.07) is 7.33. The first kappa shape index (κ1) is 12.3. The summed E-state index contributed by atoms with van der Waals surface area (Å²) >= 11 is 0. The van der Waals surface area contributed by atoms with Crippen molar-refractivity contribution < 1.29 is 14.3 Å². The molecule has 16 heavy (non-hydrogen) atoms. The highest BCUT2D eigenvalue weighted by Gasteiger charge is 2.02. The SMILES string of the molecule is COC=C(C=O)c1ccc(OC(C)C)cc1. The van der Waals surface area contributed by atoms with Crippen molar-refractivity contribution in [1.82, 2.24) is 0 Å². The molecule has 0 bridgehead atoms. The Labute approximate surface area is 95.7 Å². The predicted molar refractivity (Wildman–Crippen MR) is 63.3 cm³/mol. The number of rotatable bonds is 5. The molecule has 3 heteroatoms. The zero-order chi connectivity index (χ0) is 12.0. The van der Waals surface area contributed by atoms with Gasteiger partial charge in [-0.15, -0.1) is 0 Å². The van der Waals surface area contributed by atoms with E-state index in [0.717, 1.165) is 17.6 Å². The molecule has 0 fully saturated rings. The molecule has 1 aromatic carbocycles. The van der Waals surface area contributed by atoms with E-state index in [-0.39, 0.29) is 6.10 Å². The summed E-state index contributed by atoms with van der Waals surface area (Å²) in [5.41, 5.74) is 1.33. The summed E-state index contributed by atoms with van der Waals surface area (Å²) in [4.78, 5) is 10.8. The number of benzene rings is 1. The predicted octanol–water partition coefficient (Wildman–Crippen LogP) is 2.66. The second-order valence-corrected chi connectivity index (χ2v) is 3.62. The molecule has 0 aliphatic carbocycles. The summed E-state index contributed by atoms with van der Waals surface area (Å²) in [7, 11) is 1.51. The lowest BCUT2D eigenvalue weighted by molar-refractivity contribution is -0.103. The van der Waals surface area contributed by atoms with Crippen LogP contribution in [0.15, 0.2) is 30.5 Å². The Morgan fingerprint density at radius 1 is 1.25 bits per heavy atom. The van der Waals surface area contributed by atoms with Gasteiger partial charge in [0.1, 0.15) is 5.75 Å². The summed E-state index contributed by atoms with van der Waals surface area (Å²) in [6.45, 7) is 3.94. The maximum atomic E-state index is 10.8. The van der Waals surface area contributed by atoms with E-state index in [1.807, 2.05) is 38.1 Å². The van der Waals surface area contributed by atoms with Crippen molar-refractivity contribution >= 4 is 11.9 Å². The van der Waals surface area contributed by atoms with Gasteiger partial charge in [-0.1, -0.05) is 12.1 Å². The molecule has 0 heterocycles. The lowest BCUT2D eigenvalue weighted by Crippen LogP contribution is -2.05. The largest absolute Gasteiger partial charge is 0.504 e. The van der Waals surface area contributed by atoms with Crippen molar-refractivity contribution in [2.24, 2.45) is 0 Å². The molecule has 0 atom stereocenters. The van der Waals surface area contributed by atoms with Gasteiger partial charge < -0.3 is 9.47 Å². The van der Waals surface area contributed by atoms with Crippen LogP contribution in [0.2, 0.25) is 0 Å². The van der Waals surface area contributed by atoms with Crippen LogP contribution in [0.4, 0.5) is 0 Å². The van der Waals surface area contributed by atoms with Gasteiger partial charge in [0.25, 0.3) is 0 Å². The first-order valence-corrected chi connectivity index (χ1v) is 5.12. The summed E-state index contributed by atoms with van der Waals surface area (Å²) in [5, 5.41) is 0. The zero-order valence-corrected chi connectivity index (χ0v) is 9.77. The molecule has 0 N–H and O–H groups in total. The van der Waals surface area contributed by atoms with Gasteiger partial charge in [-0.25, -0.2) is 0 Å². The molecular weight excluding hydrogens is 204 g/mol. The fourth-order valence-electron chi connectivity index (χ4n) is 1.29. The van der Waals surface area contributed by atoms with Crippen LogP contribution in [0.25, 0.3) is 5.57 Å². The van der Waals surface area contributed by atoms with E-state index in [1.165, 1.54) is 13.4 Å². The van der Waals surface area contributed by atoms with Gasteiger partial charge in [-0.2, -0.15) is 0 Å². The molecule has 0 unspecified atom stereocenters. The van der Waals surface area contributed by atoms with Gasteiger partial charge in [0, 0.05) is 0 Å². The van der Waals surface area contributed by atoms with E-state index in [9.17, 15) is 4.79 Å². The fourth-order valence-corrected chi connectivity index (χ4v) is 1.29. The number of allylic oxidation sites excluding steroid dienone is 1. The Hall–Kier alpha value is -1.77. The van der Waals surface area contributed by atoms with E-state index in [1.54, 1.807) is 0 Å². The van der Waals surface area contributed by atoms with Crippen molar-refractivity contribution in [1.29, 1.82) is 0 Å². The highest BCUT2D eigenvalue weighted by molar-refractivity contribution is 6.06. The van der Waals surface area contributed by atoms with Crippen LogP contribution in [0.1, 0.15) is 19.4 Å². The van der Waals surface area contributed by atoms with Gasteiger partial charge in [-0.05, 0) is 31.5 Å². The number of aldehydes is 1. The lowest BCUT2D eigenvalue weighted by atomic mass is 10.1. The van der Waals surface area contributed by atoms with Gasteiger partial charge in [0.15, 0.2) is 6.29 Å². The molecule has 0 amide bonds. The summed E-state index contributed by atoms with van der Waals surface area (Å²) in [5.74, 6) is 0.793. The number of ether oxygens (including phenoxy) is 2. The monoisotopic (exact) mass is 220 g/mol. The molecule has 3 nitrogen and oxygen atoms in total. The third-order valence-corrected chi connectivity index (χ3v) is 1.93. The van der Waals surface area contributed by atoms with E-state index in [2.05, 4.69) is 0 Å². The van der Waals surface area contributed by atoms with Crippen LogP contribution in [0.3, 0.4) is 0 Å². The molecule has 0 aliphatic heterocycles. The molecule has 1 rings (SSSR count). The topological polar surface area (TPSA) is 35.5 Å². The molecule has 0 saturated carbocycles. The van der Waals surface area contributed by atoms with E-state index in [4.69, 9.17) is 9.47 Å². The smallest absolute Gasteiger partial charge is 0.153 e. The van der Waals surface area contributed by atoms with Crippen LogP contribution in [0, 0.1) is 0 Å². The first-order valence-electron chi connectivity index (χ1n) is 5.12. The molecule has 0 spiro atoms. The van der Waals surface area contributed by atoms with Crippen LogP contribution < -0.4 is 4.74 Å². The maximum absolute atomic E-state index is 10.8. The van der Waals surface area contributed by atoms with E-state index in [0.29, 0.717) is 5.57 Å². The van der Waals surface area contributed by atoms with E-state index >= 15 is 0 Å². The summed E-state index contributed by atoms with van der Waals surface area (Å²) in [6.07, 6.45) is 2.33. The zero-order valence-electron chi connectivity index (χ0n) is 9.77. The second kappa shape index (κ2) is 5.95. The lowest BCUT2D eigenvalue weighted by Gasteiger charge is -2.09. The highest BCUT2D eigenvalue weighted by Crippen LogP contribution is 2.18. The van der Waals surface area contributed by atoms with Crippen LogP contribution in [-0.2, 0) is 9.53 Å². The Balaban J connectivity index is 2.85. The molecule has 86 valence electrons. The quantitative estimate of drug-likeness (QED) is 0.435. The maximum Gasteiger partial charge on any atom is 0.153 e. The Bertz CT molecular complexity index is 363. The first-order chi connectivity index (χ1) is 7.67. The standard InChI is InChI=1S/C13H16O3/c1-10(2)16-13-6-4-11(5-7-13)12(8-14)9-15-3/h4-10H,1-3H3. The molecule has 0 radical (unpaired) electrons. The average Bonchev–Trinajstić information content (AvgIpc) is 2.26. The molecule has 1 aromatic rings. The third kappa shape index (κ3) is 3.42. The molecule has 0 aromatic heterocycles. The normalized spacial score (nSPS) is 11.4. The van der Waals surface area contributed by atoms with Crippen LogP contribution >= 0.6 is 0 Å². The minimum atomic E-state index is 0.144. The van der Waals surface area contributed by atoms with Crippen molar-refractivity contribution in [3.63, 3.8) is 0 Å². The van der Waals surface area contributed by atoms with Gasteiger partial charge in [0.2, 0.25) is 0 Å². The van der Waals surface area contributed by atoms with Gasteiger partial charge in [0.05, 0.1) is 25.0 Å². The Morgan fingerprint density at radius 3 is 2.31 bits per heavy atom. The Morgan fingerprint density at radius 2 is 1.88 bits per heavy atom. The van der Waals surface area contributed by atoms with Gasteiger partial charge in [-0.3, -0.25) is 4.79 Å². The van der Waals surface area contributed by atoms with Gasteiger partial charge >= 0.3 is 0 Å². The number of hydrogen-bond donors (Lipinski definition) is 0. The van der Waals surface area contributed by atoms with Crippen molar-refractivity contribution in [2.45, 2.75) is 20.0 Å². The number of carbonyl (C=O) groups is 1. The molecule has 0 saturated heterocycles. The molecular formula is C13H16O3. The summed E-state index contributed by atoms with van der Waals surface area (Å²) < 4.78 is 10.3. The number of hydrogen-bond acceptors (Lipinski definition) is 3. The second-order valence-electron chi connectivity index (χ2n) is 3.62. The average molecular weight is 220 g/mol. The number of carbonyl (C=O) groups excluding carboxylic acids is 1.